The van der Waals surface area contributed by atoms with Gasteiger partial charge in [-0.1, -0.05) is 25.7 Å². The first-order valence-corrected chi connectivity index (χ1v) is 8.06. The highest BCUT2D eigenvalue weighted by Crippen LogP contribution is 2.49. The Morgan fingerprint density at radius 2 is 1.90 bits per heavy atom. The molecule has 0 heterocycles. The van der Waals surface area contributed by atoms with Crippen molar-refractivity contribution in [2.75, 3.05) is 0 Å². The average Bonchev–Trinajstić information content (AvgIpc) is 2.70. The number of hydrogen-bond acceptors (Lipinski definition) is 2. The molecule has 0 bridgehead atoms. The first kappa shape index (κ1) is 14.1. The smallest absolute Gasteiger partial charge is 0.146 e. The molecule has 0 N–H and O–H groups in total. The fourth-order valence-corrected chi connectivity index (χ4v) is 3.69. The highest BCUT2D eigenvalue weighted by atomic mass is 79.9. The van der Waals surface area contributed by atoms with E-state index in [0.717, 1.165) is 25.7 Å². The van der Waals surface area contributed by atoms with Crippen LogP contribution >= 0.6 is 15.9 Å². The quantitative estimate of drug-likeness (QED) is 0.783. The van der Waals surface area contributed by atoms with Crippen molar-refractivity contribution in [2.24, 2.45) is 5.41 Å². The molecule has 3 rings (SSSR count). The number of Topliss-reactive ketones (excluding diaryl/α,β-unsaturated/α-hetero) is 1. The summed E-state index contributed by atoms with van der Waals surface area (Å²) in [5, 5.41) is 0. The fourth-order valence-electron chi connectivity index (χ4n) is 3.44. The van der Waals surface area contributed by atoms with E-state index in [4.69, 9.17) is 4.74 Å². The summed E-state index contributed by atoms with van der Waals surface area (Å²) in [6.45, 7) is 0. The SMILES string of the molecule is O=C1CC(Oc2ccc(Br)c(F)c2)C12CCCCCC2. The molecule has 2 saturated carbocycles. The van der Waals surface area contributed by atoms with Gasteiger partial charge in [-0.3, -0.25) is 4.79 Å². The van der Waals surface area contributed by atoms with Gasteiger partial charge in [-0.25, -0.2) is 4.39 Å². The lowest BCUT2D eigenvalue weighted by Gasteiger charge is -2.47. The van der Waals surface area contributed by atoms with Crippen LogP contribution in [-0.2, 0) is 4.79 Å². The van der Waals surface area contributed by atoms with E-state index in [1.165, 1.54) is 18.9 Å². The van der Waals surface area contributed by atoms with Gasteiger partial charge in [0.1, 0.15) is 23.5 Å². The molecule has 0 radical (unpaired) electrons. The van der Waals surface area contributed by atoms with E-state index >= 15 is 0 Å². The summed E-state index contributed by atoms with van der Waals surface area (Å²) in [6.07, 6.45) is 6.85. The van der Waals surface area contributed by atoms with Crippen LogP contribution in [-0.4, -0.2) is 11.9 Å². The molecule has 0 amide bonds. The number of benzene rings is 1. The van der Waals surface area contributed by atoms with Crippen molar-refractivity contribution in [3.05, 3.63) is 28.5 Å². The normalized spacial score (nSPS) is 25.1. The number of ether oxygens (including phenoxy) is 1. The lowest BCUT2D eigenvalue weighted by atomic mass is 9.60. The lowest BCUT2D eigenvalue weighted by molar-refractivity contribution is -0.154. The predicted molar refractivity (Wildman–Crippen MR) is 78.3 cm³/mol. The monoisotopic (exact) mass is 340 g/mol. The maximum absolute atomic E-state index is 13.5. The molecular formula is C16H18BrFO2. The van der Waals surface area contributed by atoms with E-state index < -0.39 is 0 Å². The van der Waals surface area contributed by atoms with Crippen molar-refractivity contribution in [3.63, 3.8) is 0 Å². The average molecular weight is 341 g/mol. The summed E-state index contributed by atoms with van der Waals surface area (Å²) >= 11 is 3.13. The molecule has 0 aromatic heterocycles. The summed E-state index contributed by atoms with van der Waals surface area (Å²) in [5.41, 5.74) is -0.292. The highest BCUT2D eigenvalue weighted by molar-refractivity contribution is 9.10. The van der Waals surface area contributed by atoms with Crippen molar-refractivity contribution in [1.29, 1.82) is 0 Å². The summed E-state index contributed by atoms with van der Waals surface area (Å²) < 4.78 is 19.9. The first-order chi connectivity index (χ1) is 9.62. The predicted octanol–water partition coefficient (Wildman–Crippen LogP) is 4.65. The van der Waals surface area contributed by atoms with Crippen molar-refractivity contribution < 1.29 is 13.9 Å². The molecule has 2 nitrogen and oxygen atoms in total. The van der Waals surface area contributed by atoms with Gasteiger partial charge in [0, 0.05) is 12.5 Å². The van der Waals surface area contributed by atoms with Crippen LogP contribution in [0.3, 0.4) is 0 Å². The van der Waals surface area contributed by atoms with Gasteiger partial charge in [0.25, 0.3) is 0 Å². The second-order valence-electron chi connectivity index (χ2n) is 5.88. The van der Waals surface area contributed by atoms with Gasteiger partial charge >= 0.3 is 0 Å². The maximum atomic E-state index is 13.5. The Labute approximate surface area is 126 Å². The summed E-state index contributed by atoms with van der Waals surface area (Å²) in [6, 6.07) is 4.78. The Balaban J connectivity index is 1.76. The Hall–Kier alpha value is -0.900. The number of rotatable bonds is 2. The second kappa shape index (κ2) is 5.47. The minimum Gasteiger partial charge on any atom is -0.489 e. The molecule has 2 aliphatic carbocycles. The maximum Gasteiger partial charge on any atom is 0.146 e. The van der Waals surface area contributed by atoms with Crippen molar-refractivity contribution in [2.45, 2.75) is 51.0 Å². The molecule has 2 aliphatic rings. The third-order valence-corrected chi connectivity index (χ3v) is 5.35. The molecule has 1 spiro atoms. The van der Waals surface area contributed by atoms with Crippen LogP contribution in [0, 0.1) is 11.2 Å². The first-order valence-electron chi connectivity index (χ1n) is 7.27. The Morgan fingerprint density at radius 3 is 2.50 bits per heavy atom. The summed E-state index contributed by atoms with van der Waals surface area (Å²) in [5.74, 6) is 0.525. The molecule has 0 aliphatic heterocycles. The third kappa shape index (κ3) is 2.39. The van der Waals surface area contributed by atoms with Crippen molar-refractivity contribution >= 4 is 21.7 Å². The number of carbonyl (C=O) groups is 1. The third-order valence-electron chi connectivity index (χ3n) is 4.71. The summed E-state index contributed by atoms with van der Waals surface area (Å²) in [4.78, 5) is 12.1. The van der Waals surface area contributed by atoms with Crippen molar-refractivity contribution in [1.82, 2.24) is 0 Å². The van der Waals surface area contributed by atoms with Crippen LogP contribution < -0.4 is 4.74 Å². The minimum absolute atomic E-state index is 0.0753. The molecule has 0 saturated heterocycles. The van der Waals surface area contributed by atoms with Gasteiger partial charge < -0.3 is 4.74 Å². The van der Waals surface area contributed by atoms with Crippen LogP contribution in [0.25, 0.3) is 0 Å². The molecular weight excluding hydrogens is 323 g/mol. The number of hydrogen-bond donors (Lipinski definition) is 0. The Bertz CT molecular complexity index is 521. The van der Waals surface area contributed by atoms with Gasteiger partial charge in [-0.15, -0.1) is 0 Å². The minimum atomic E-state index is -0.330. The fraction of sp³-hybridized carbons (Fsp3) is 0.562. The molecule has 20 heavy (non-hydrogen) atoms. The van der Waals surface area contributed by atoms with E-state index in [-0.39, 0.29) is 17.3 Å². The van der Waals surface area contributed by atoms with Gasteiger partial charge in [0.2, 0.25) is 0 Å². The molecule has 1 atom stereocenters. The van der Waals surface area contributed by atoms with E-state index in [0.29, 0.717) is 22.4 Å². The zero-order chi connectivity index (χ0) is 14.2. The molecule has 108 valence electrons. The molecule has 4 heteroatoms. The molecule has 1 aromatic carbocycles. The van der Waals surface area contributed by atoms with Crippen LogP contribution in [0.15, 0.2) is 22.7 Å². The standard InChI is InChI=1S/C16H18BrFO2/c17-12-6-5-11(9-13(12)18)20-15-10-14(19)16(15)7-3-1-2-4-8-16/h5-6,9,15H,1-4,7-8,10H2. The zero-order valence-electron chi connectivity index (χ0n) is 11.3. The van der Waals surface area contributed by atoms with Gasteiger partial charge in [0.15, 0.2) is 0 Å². The van der Waals surface area contributed by atoms with E-state index in [1.54, 1.807) is 12.1 Å². The van der Waals surface area contributed by atoms with Crippen LogP contribution in [0.1, 0.15) is 44.9 Å². The molecule has 1 unspecified atom stereocenters. The number of ketones is 1. The Kier molecular flexibility index (Phi) is 3.85. The van der Waals surface area contributed by atoms with Gasteiger partial charge in [0.05, 0.1) is 9.89 Å². The van der Waals surface area contributed by atoms with Crippen LogP contribution in [0.2, 0.25) is 0 Å². The van der Waals surface area contributed by atoms with E-state index in [1.807, 2.05) is 0 Å². The largest absolute Gasteiger partial charge is 0.489 e. The highest BCUT2D eigenvalue weighted by Gasteiger charge is 2.55. The lowest BCUT2D eigenvalue weighted by Crippen LogP contribution is -2.56. The van der Waals surface area contributed by atoms with Gasteiger partial charge in [-0.2, -0.15) is 0 Å². The number of halogens is 2. The zero-order valence-corrected chi connectivity index (χ0v) is 12.9. The number of carbonyl (C=O) groups excluding carboxylic acids is 1. The van der Waals surface area contributed by atoms with E-state index in [9.17, 15) is 9.18 Å². The second-order valence-corrected chi connectivity index (χ2v) is 6.73. The molecule has 2 fully saturated rings. The Morgan fingerprint density at radius 1 is 1.20 bits per heavy atom. The van der Waals surface area contributed by atoms with E-state index in [2.05, 4.69) is 15.9 Å². The van der Waals surface area contributed by atoms with Crippen LogP contribution in [0.5, 0.6) is 5.75 Å². The summed E-state index contributed by atoms with van der Waals surface area (Å²) in [7, 11) is 0. The molecule has 1 aromatic rings. The van der Waals surface area contributed by atoms with Crippen molar-refractivity contribution in [3.8, 4) is 5.75 Å². The van der Waals surface area contributed by atoms with Crippen LogP contribution in [0.4, 0.5) is 4.39 Å². The van der Waals surface area contributed by atoms with Gasteiger partial charge in [-0.05, 0) is 40.9 Å². The topological polar surface area (TPSA) is 26.3 Å².